The molecule has 3 heteroatoms. The van der Waals surface area contributed by atoms with Gasteiger partial charge in [-0.25, -0.2) is 0 Å². The summed E-state index contributed by atoms with van der Waals surface area (Å²) in [6, 6.07) is 6.04. The minimum Gasteiger partial charge on any atom is -0.378 e. The van der Waals surface area contributed by atoms with Crippen LogP contribution in [0.1, 0.15) is 24.9 Å². The lowest BCUT2D eigenvalue weighted by Crippen LogP contribution is -2.11. The zero-order valence-electron chi connectivity index (χ0n) is 8.92. The molecule has 0 bridgehead atoms. The van der Waals surface area contributed by atoms with Crippen LogP contribution in [0.4, 0.5) is 5.69 Å². The van der Waals surface area contributed by atoms with Crippen LogP contribution in [0.15, 0.2) is 18.2 Å². The van der Waals surface area contributed by atoms with Crippen LogP contribution in [0.2, 0.25) is 5.02 Å². The molecule has 0 saturated heterocycles. The van der Waals surface area contributed by atoms with E-state index >= 15 is 0 Å². The van der Waals surface area contributed by atoms with Crippen molar-refractivity contribution in [1.29, 1.82) is 0 Å². The fraction of sp³-hybridized carbons (Fsp3) is 0.455. The largest absolute Gasteiger partial charge is 0.378 e. The molecule has 1 unspecified atom stereocenters. The summed E-state index contributed by atoms with van der Waals surface area (Å²) in [5, 5.41) is 0.755. The highest BCUT2D eigenvalue weighted by atomic mass is 35.5. The molecule has 14 heavy (non-hydrogen) atoms. The topological polar surface area (TPSA) is 29.3 Å². The van der Waals surface area contributed by atoms with Crippen molar-refractivity contribution in [2.75, 3.05) is 19.0 Å². The molecule has 0 radical (unpaired) electrons. The second-order valence-electron chi connectivity index (χ2n) is 3.61. The van der Waals surface area contributed by atoms with Gasteiger partial charge in [0.2, 0.25) is 0 Å². The van der Waals surface area contributed by atoms with Gasteiger partial charge in [0.1, 0.15) is 0 Å². The number of nitrogens with zero attached hydrogens (tertiary/aromatic N) is 1. The molecule has 0 amide bonds. The van der Waals surface area contributed by atoms with Crippen LogP contribution >= 0.6 is 11.6 Å². The fourth-order valence-electron chi connectivity index (χ4n) is 1.31. The first-order valence-electron chi connectivity index (χ1n) is 4.78. The molecule has 0 heterocycles. The lowest BCUT2D eigenvalue weighted by atomic mass is 10.1. The fourth-order valence-corrected chi connectivity index (χ4v) is 1.63. The van der Waals surface area contributed by atoms with Gasteiger partial charge in [0.05, 0.1) is 0 Å². The van der Waals surface area contributed by atoms with Crippen LogP contribution < -0.4 is 10.6 Å². The van der Waals surface area contributed by atoms with Crippen LogP contribution in [-0.4, -0.2) is 14.1 Å². The maximum atomic E-state index is 6.14. The van der Waals surface area contributed by atoms with Gasteiger partial charge < -0.3 is 10.6 Å². The standard InChI is InChI=1S/C11H17ClN2/c1-4-11(13)9-6-5-8(14(2)3)7-10(9)12/h5-7,11H,4,13H2,1-3H3. The Morgan fingerprint density at radius 1 is 1.43 bits per heavy atom. The van der Waals surface area contributed by atoms with Gasteiger partial charge in [-0.3, -0.25) is 0 Å². The van der Waals surface area contributed by atoms with E-state index in [0.29, 0.717) is 0 Å². The van der Waals surface area contributed by atoms with Crippen molar-refractivity contribution in [3.63, 3.8) is 0 Å². The monoisotopic (exact) mass is 212 g/mol. The van der Waals surface area contributed by atoms with Gasteiger partial charge in [0.15, 0.2) is 0 Å². The lowest BCUT2D eigenvalue weighted by molar-refractivity contribution is 0.699. The Labute approximate surface area is 90.7 Å². The third kappa shape index (κ3) is 2.40. The highest BCUT2D eigenvalue weighted by molar-refractivity contribution is 6.31. The quantitative estimate of drug-likeness (QED) is 0.835. The molecule has 1 aromatic rings. The third-order valence-corrected chi connectivity index (χ3v) is 2.67. The molecule has 0 aliphatic heterocycles. The third-order valence-electron chi connectivity index (χ3n) is 2.34. The van der Waals surface area contributed by atoms with E-state index in [1.54, 1.807) is 0 Å². The van der Waals surface area contributed by atoms with Gasteiger partial charge in [-0.1, -0.05) is 24.6 Å². The molecular weight excluding hydrogens is 196 g/mol. The van der Waals surface area contributed by atoms with Gasteiger partial charge in [-0.2, -0.15) is 0 Å². The SMILES string of the molecule is CCC(N)c1ccc(N(C)C)cc1Cl. The van der Waals surface area contributed by atoms with Crippen LogP contribution in [0.5, 0.6) is 0 Å². The number of anilines is 1. The van der Waals surface area contributed by atoms with E-state index in [1.165, 1.54) is 0 Å². The Morgan fingerprint density at radius 3 is 2.50 bits per heavy atom. The predicted octanol–water partition coefficient (Wildman–Crippen LogP) is 2.82. The Hall–Kier alpha value is -0.730. The Morgan fingerprint density at radius 2 is 2.07 bits per heavy atom. The number of benzene rings is 1. The number of nitrogens with two attached hydrogens (primary N) is 1. The summed E-state index contributed by atoms with van der Waals surface area (Å²) in [6.07, 6.45) is 0.904. The highest BCUT2D eigenvalue weighted by Gasteiger charge is 2.08. The molecule has 0 fully saturated rings. The van der Waals surface area contributed by atoms with Gasteiger partial charge in [-0.05, 0) is 24.1 Å². The zero-order chi connectivity index (χ0) is 10.7. The van der Waals surface area contributed by atoms with E-state index in [4.69, 9.17) is 17.3 Å². The van der Waals surface area contributed by atoms with Crippen molar-refractivity contribution in [3.8, 4) is 0 Å². The minimum absolute atomic E-state index is 0.0405. The van der Waals surface area contributed by atoms with Gasteiger partial charge in [0.25, 0.3) is 0 Å². The van der Waals surface area contributed by atoms with Crippen LogP contribution in [0, 0.1) is 0 Å². The summed E-state index contributed by atoms with van der Waals surface area (Å²) in [5.41, 5.74) is 8.05. The van der Waals surface area contributed by atoms with E-state index in [-0.39, 0.29) is 6.04 Å². The normalized spacial score (nSPS) is 12.6. The van der Waals surface area contributed by atoms with Crippen LogP contribution in [-0.2, 0) is 0 Å². The van der Waals surface area contributed by atoms with E-state index in [9.17, 15) is 0 Å². The molecule has 2 nitrogen and oxygen atoms in total. The van der Waals surface area contributed by atoms with E-state index in [0.717, 1.165) is 22.7 Å². The first kappa shape index (κ1) is 11.3. The van der Waals surface area contributed by atoms with Gasteiger partial charge in [0, 0.05) is 30.8 Å². The molecule has 0 spiro atoms. The average Bonchev–Trinajstić information content (AvgIpc) is 2.16. The molecule has 0 aromatic heterocycles. The zero-order valence-corrected chi connectivity index (χ0v) is 9.67. The van der Waals surface area contributed by atoms with Gasteiger partial charge in [-0.15, -0.1) is 0 Å². The van der Waals surface area contributed by atoms with Crippen molar-refractivity contribution >= 4 is 17.3 Å². The summed E-state index contributed by atoms with van der Waals surface area (Å²) >= 11 is 6.14. The summed E-state index contributed by atoms with van der Waals surface area (Å²) in [4.78, 5) is 2.02. The van der Waals surface area contributed by atoms with Crippen molar-refractivity contribution in [2.24, 2.45) is 5.73 Å². The maximum absolute atomic E-state index is 6.14. The molecule has 0 saturated carbocycles. The Kier molecular flexibility index (Phi) is 3.78. The number of rotatable bonds is 3. The van der Waals surface area contributed by atoms with Gasteiger partial charge >= 0.3 is 0 Å². The number of hydrogen-bond acceptors (Lipinski definition) is 2. The average molecular weight is 213 g/mol. The lowest BCUT2D eigenvalue weighted by Gasteiger charge is -2.16. The van der Waals surface area contributed by atoms with Crippen molar-refractivity contribution < 1.29 is 0 Å². The summed E-state index contributed by atoms with van der Waals surface area (Å²) in [6.45, 7) is 2.06. The minimum atomic E-state index is 0.0405. The number of hydrogen-bond donors (Lipinski definition) is 1. The molecule has 1 aromatic carbocycles. The summed E-state index contributed by atoms with van der Waals surface area (Å²) in [5.74, 6) is 0. The Bertz CT molecular complexity index is 310. The second-order valence-corrected chi connectivity index (χ2v) is 4.02. The highest BCUT2D eigenvalue weighted by Crippen LogP contribution is 2.27. The molecule has 1 atom stereocenters. The van der Waals surface area contributed by atoms with E-state index in [2.05, 4.69) is 6.92 Å². The molecule has 0 aliphatic rings. The van der Waals surface area contributed by atoms with E-state index < -0.39 is 0 Å². The summed E-state index contributed by atoms with van der Waals surface area (Å²) < 4.78 is 0. The van der Waals surface area contributed by atoms with Crippen LogP contribution in [0.25, 0.3) is 0 Å². The predicted molar refractivity (Wildman–Crippen MR) is 63.0 cm³/mol. The first-order valence-corrected chi connectivity index (χ1v) is 5.16. The molecule has 78 valence electrons. The van der Waals surface area contributed by atoms with Crippen molar-refractivity contribution in [3.05, 3.63) is 28.8 Å². The van der Waals surface area contributed by atoms with Crippen molar-refractivity contribution in [1.82, 2.24) is 0 Å². The first-order chi connectivity index (χ1) is 6.56. The summed E-state index contributed by atoms with van der Waals surface area (Å²) in [7, 11) is 3.98. The molecule has 1 rings (SSSR count). The maximum Gasteiger partial charge on any atom is 0.0474 e. The smallest absolute Gasteiger partial charge is 0.0474 e. The molecule has 2 N–H and O–H groups in total. The van der Waals surface area contributed by atoms with Crippen LogP contribution in [0.3, 0.4) is 0 Å². The second kappa shape index (κ2) is 4.67. The molecular formula is C11H17ClN2. The van der Waals surface area contributed by atoms with Crippen molar-refractivity contribution in [2.45, 2.75) is 19.4 Å². The Balaban J connectivity index is 3.01. The number of halogens is 1. The molecule has 0 aliphatic carbocycles. The van der Waals surface area contributed by atoms with E-state index in [1.807, 2.05) is 37.2 Å².